The molecule has 0 spiro atoms. The van der Waals surface area contributed by atoms with Gasteiger partial charge in [-0.2, -0.15) is 26.3 Å². The van der Waals surface area contributed by atoms with Gasteiger partial charge in [0.05, 0.1) is 24.8 Å². The van der Waals surface area contributed by atoms with Crippen molar-refractivity contribution in [2.75, 3.05) is 19.8 Å². The minimum absolute atomic E-state index is 0.361. The minimum Gasteiger partial charge on any atom is -0.465 e. The van der Waals surface area contributed by atoms with Crippen LogP contribution in [0.5, 0.6) is 0 Å². The standard InChI is InChI=1S/C14H19F6N3O5/c1-7(11(21)4-22-11)8(24)27-5-10(2,3)6-28-9(25)12(23-26,13(15,16)17)14(18,19)20/h7,22H,4-6,21H2,1-3H3. The van der Waals surface area contributed by atoms with E-state index in [2.05, 4.69) is 10.1 Å². The Morgan fingerprint density at radius 2 is 1.54 bits per heavy atom. The maximum Gasteiger partial charge on any atom is 0.437 e. The number of esters is 2. The van der Waals surface area contributed by atoms with Crippen molar-refractivity contribution in [3.05, 3.63) is 4.91 Å². The molecule has 0 radical (unpaired) electrons. The molecule has 2 unspecified atom stereocenters. The second kappa shape index (κ2) is 7.46. The summed E-state index contributed by atoms with van der Waals surface area (Å²) in [5.74, 6) is -4.45. The third-order valence-corrected chi connectivity index (χ3v) is 4.16. The number of hydrogen-bond acceptors (Lipinski definition) is 8. The Hall–Kier alpha value is -1.96. The first-order valence-corrected chi connectivity index (χ1v) is 7.79. The largest absolute Gasteiger partial charge is 0.465 e. The third-order valence-electron chi connectivity index (χ3n) is 4.16. The van der Waals surface area contributed by atoms with Gasteiger partial charge < -0.3 is 15.2 Å². The molecular formula is C14H19F6N3O5. The van der Waals surface area contributed by atoms with Gasteiger partial charge in [-0.25, -0.2) is 4.79 Å². The number of nitrogens with one attached hydrogen (secondary N) is 1. The number of nitrogens with two attached hydrogens (primary N) is 1. The normalized spacial score (nSPS) is 21.6. The molecule has 0 aromatic carbocycles. The van der Waals surface area contributed by atoms with Crippen molar-refractivity contribution in [1.29, 1.82) is 0 Å². The number of ether oxygens (including phenoxy) is 2. The van der Waals surface area contributed by atoms with Gasteiger partial charge in [-0.15, -0.1) is 4.91 Å². The van der Waals surface area contributed by atoms with Crippen LogP contribution >= 0.6 is 0 Å². The van der Waals surface area contributed by atoms with E-state index in [1.54, 1.807) is 0 Å². The highest BCUT2D eigenvalue weighted by Gasteiger charge is 2.79. The van der Waals surface area contributed by atoms with Crippen LogP contribution in [-0.2, 0) is 19.1 Å². The molecule has 1 fully saturated rings. The van der Waals surface area contributed by atoms with Crippen molar-refractivity contribution in [2.45, 2.75) is 44.3 Å². The Labute approximate surface area is 155 Å². The van der Waals surface area contributed by atoms with Crippen LogP contribution in [0.1, 0.15) is 20.8 Å². The lowest BCUT2D eigenvalue weighted by Crippen LogP contribution is -2.61. The number of rotatable bonds is 8. The average Bonchev–Trinajstić information content (AvgIpc) is 3.27. The Morgan fingerprint density at radius 3 is 1.89 bits per heavy atom. The SMILES string of the molecule is CC(C(=O)OCC(C)(C)COC(=O)C(N=O)(C(F)(F)F)C(F)(F)F)C1(N)CN1. The summed E-state index contributed by atoms with van der Waals surface area (Å²) >= 11 is 0. The molecule has 1 heterocycles. The van der Waals surface area contributed by atoms with Gasteiger partial charge in [0.2, 0.25) is 0 Å². The summed E-state index contributed by atoms with van der Waals surface area (Å²) in [4.78, 5) is 33.8. The van der Waals surface area contributed by atoms with E-state index in [1.165, 1.54) is 20.8 Å². The summed E-state index contributed by atoms with van der Waals surface area (Å²) in [6, 6.07) is 0. The number of nitrogens with zero attached hydrogens (tertiary/aromatic N) is 1. The van der Waals surface area contributed by atoms with Crippen molar-refractivity contribution in [3.63, 3.8) is 0 Å². The number of hydrogen-bond donors (Lipinski definition) is 2. The Balaban J connectivity index is 2.77. The van der Waals surface area contributed by atoms with Crippen LogP contribution in [-0.4, -0.2) is 55.3 Å². The van der Waals surface area contributed by atoms with E-state index in [-0.39, 0.29) is 0 Å². The molecular weight excluding hydrogens is 404 g/mol. The summed E-state index contributed by atoms with van der Waals surface area (Å²) in [5.41, 5.74) is -2.12. The van der Waals surface area contributed by atoms with E-state index in [0.29, 0.717) is 6.54 Å². The Bertz CT molecular complexity index is 616. The zero-order chi connectivity index (χ0) is 22.2. The predicted octanol–water partition coefficient (Wildman–Crippen LogP) is 1.62. The molecule has 14 heteroatoms. The van der Waals surface area contributed by atoms with Gasteiger partial charge >= 0.3 is 29.8 Å². The lowest BCUT2D eigenvalue weighted by molar-refractivity contribution is -0.292. The van der Waals surface area contributed by atoms with Crippen molar-refractivity contribution in [1.82, 2.24) is 5.32 Å². The molecule has 28 heavy (non-hydrogen) atoms. The van der Waals surface area contributed by atoms with Gasteiger partial charge in [-0.1, -0.05) is 13.8 Å². The number of carbonyl (C=O) groups excluding carboxylic acids is 2. The van der Waals surface area contributed by atoms with Crippen LogP contribution in [0.3, 0.4) is 0 Å². The molecule has 0 aliphatic carbocycles. The van der Waals surface area contributed by atoms with Gasteiger partial charge in [0.15, 0.2) is 0 Å². The molecule has 0 saturated carbocycles. The van der Waals surface area contributed by atoms with Gasteiger partial charge in [0, 0.05) is 12.0 Å². The number of carbonyl (C=O) groups is 2. The molecule has 0 aromatic rings. The second-order valence-corrected chi connectivity index (χ2v) is 7.26. The van der Waals surface area contributed by atoms with Crippen LogP contribution in [0.15, 0.2) is 5.18 Å². The molecule has 1 aliphatic rings. The first kappa shape index (κ1) is 24.1. The highest BCUT2D eigenvalue weighted by atomic mass is 19.4. The van der Waals surface area contributed by atoms with E-state index >= 15 is 0 Å². The molecule has 0 bridgehead atoms. The molecule has 1 rings (SSSR count). The van der Waals surface area contributed by atoms with Gasteiger partial charge in [-0.3, -0.25) is 10.1 Å². The van der Waals surface area contributed by atoms with E-state index in [9.17, 15) is 40.8 Å². The van der Waals surface area contributed by atoms with Crippen molar-refractivity contribution >= 4 is 11.9 Å². The smallest absolute Gasteiger partial charge is 0.437 e. The molecule has 2 atom stereocenters. The van der Waals surface area contributed by atoms with E-state index < -0.39 is 60.0 Å². The van der Waals surface area contributed by atoms with Crippen LogP contribution < -0.4 is 11.1 Å². The quantitative estimate of drug-likeness (QED) is 0.263. The summed E-state index contributed by atoms with van der Waals surface area (Å²) in [5, 5.41) is 3.75. The van der Waals surface area contributed by atoms with E-state index in [0.717, 1.165) is 5.18 Å². The first-order valence-electron chi connectivity index (χ1n) is 7.79. The van der Waals surface area contributed by atoms with Crippen molar-refractivity contribution in [3.8, 4) is 0 Å². The summed E-state index contributed by atoms with van der Waals surface area (Å²) in [6.07, 6.45) is -12.7. The van der Waals surface area contributed by atoms with Gasteiger partial charge in [0.25, 0.3) is 0 Å². The highest BCUT2D eigenvalue weighted by Crippen LogP contribution is 2.47. The topological polar surface area (TPSA) is 130 Å². The Morgan fingerprint density at radius 1 is 1.11 bits per heavy atom. The zero-order valence-electron chi connectivity index (χ0n) is 15.0. The zero-order valence-corrected chi connectivity index (χ0v) is 15.0. The average molecular weight is 423 g/mol. The lowest BCUT2D eigenvalue weighted by atomic mass is 9.95. The van der Waals surface area contributed by atoms with Gasteiger partial charge in [-0.05, 0) is 12.1 Å². The summed E-state index contributed by atoms with van der Waals surface area (Å²) in [7, 11) is 0. The van der Waals surface area contributed by atoms with Crippen LogP contribution in [0.25, 0.3) is 0 Å². The lowest BCUT2D eigenvalue weighted by Gasteiger charge is -2.30. The number of nitroso groups, excluding NO2 is 1. The van der Waals surface area contributed by atoms with Crippen LogP contribution in [0.2, 0.25) is 0 Å². The number of halogens is 6. The maximum absolute atomic E-state index is 12.8. The fourth-order valence-corrected chi connectivity index (χ4v) is 1.95. The molecule has 8 nitrogen and oxygen atoms in total. The molecule has 0 aromatic heterocycles. The summed E-state index contributed by atoms with van der Waals surface area (Å²) < 4.78 is 85.8. The summed E-state index contributed by atoms with van der Waals surface area (Å²) in [6.45, 7) is 2.82. The fraction of sp³-hybridized carbons (Fsp3) is 0.857. The maximum atomic E-state index is 12.8. The van der Waals surface area contributed by atoms with Crippen molar-refractivity contribution < 1.29 is 45.4 Å². The third kappa shape index (κ3) is 4.71. The first-order chi connectivity index (χ1) is 12.4. The van der Waals surface area contributed by atoms with Crippen molar-refractivity contribution in [2.24, 2.45) is 22.2 Å². The molecule has 0 amide bonds. The van der Waals surface area contributed by atoms with Crippen LogP contribution in [0.4, 0.5) is 26.3 Å². The molecule has 162 valence electrons. The van der Waals surface area contributed by atoms with Crippen LogP contribution in [0, 0.1) is 16.2 Å². The number of alkyl halides is 6. The second-order valence-electron chi connectivity index (χ2n) is 7.26. The molecule has 1 saturated heterocycles. The minimum atomic E-state index is -6.36. The Kier molecular flexibility index (Phi) is 6.42. The monoisotopic (exact) mass is 423 g/mol. The highest BCUT2D eigenvalue weighted by molar-refractivity contribution is 5.83. The molecule has 1 aliphatic heterocycles. The van der Waals surface area contributed by atoms with E-state index in [1.807, 2.05) is 0 Å². The van der Waals surface area contributed by atoms with Gasteiger partial charge in [0.1, 0.15) is 0 Å². The fourth-order valence-electron chi connectivity index (χ4n) is 1.95. The molecule has 3 N–H and O–H groups in total. The van der Waals surface area contributed by atoms with E-state index in [4.69, 9.17) is 10.5 Å². The predicted molar refractivity (Wildman–Crippen MR) is 80.4 cm³/mol.